The largest absolute Gasteiger partial charge is 0.496 e. The Hall–Kier alpha value is -2.28. The van der Waals surface area contributed by atoms with E-state index in [0.29, 0.717) is 32.1 Å². The van der Waals surface area contributed by atoms with Crippen LogP contribution in [0.25, 0.3) is 0 Å². The number of hydrogen-bond donors (Lipinski definition) is 2. The second-order valence-electron chi connectivity index (χ2n) is 6.72. The minimum absolute atomic E-state index is 0.228. The number of aliphatic imine (C=N–C) groups is 1. The quantitative estimate of drug-likeness (QED) is 0.389. The molecule has 1 atom stereocenters. The first kappa shape index (κ1) is 21.0. The molecule has 0 aliphatic carbocycles. The lowest BCUT2D eigenvalue weighted by atomic mass is 9.95. The Morgan fingerprint density at radius 2 is 2.22 bits per heavy atom. The molecule has 0 aromatic heterocycles. The molecular weight excluding hydrogens is 344 g/mol. The van der Waals surface area contributed by atoms with Crippen molar-refractivity contribution in [1.82, 2.24) is 10.2 Å². The first-order valence-electron chi connectivity index (χ1n) is 9.65. The summed E-state index contributed by atoms with van der Waals surface area (Å²) in [6.07, 6.45) is 2.53. The molecule has 7 nitrogen and oxygen atoms in total. The number of hydrogen-bond acceptors (Lipinski definition) is 4. The monoisotopic (exact) mass is 376 g/mol. The fourth-order valence-corrected chi connectivity index (χ4v) is 3.35. The number of ether oxygens (including phenoxy) is 2. The van der Waals surface area contributed by atoms with Crippen molar-refractivity contribution < 1.29 is 14.3 Å². The third kappa shape index (κ3) is 7.09. The number of para-hydroxylation sites is 1. The molecule has 7 heteroatoms. The highest BCUT2D eigenvalue weighted by Crippen LogP contribution is 2.20. The van der Waals surface area contributed by atoms with Crippen LogP contribution in [0.2, 0.25) is 0 Å². The van der Waals surface area contributed by atoms with E-state index in [1.807, 2.05) is 24.3 Å². The number of amides is 1. The number of likely N-dealkylation sites (tertiary alicyclic amines) is 1. The second-order valence-corrected chi connectivity index (χ2v) is 6.72. The topological polar surface area (TPSA) is 89.2 Å². The highest BCUT2D eigenvalue weighted by molar-refractivity contribution is 5.80. The molecule has 1 fully saturated rings. The molecule has 1 amide bonds. The second kappa shape index (κ2) is 11.4. The number of nitrogens with two attached hydrogens (primary N) is 1. The molecule has 0 radical (unpaired) electrons. The van der Waals surface area contributed by atoms with E-state index in [0.717, 1.165) is 49.7 Å². The summed E-state index contributed by atoms with van der Waals surface area (Å²) in [6, 6.07) is 7.85. The smallest absolute Gasteiger partial charge is 0.217 e. The van der Waals surface area contributed by atoms with Gasteiger partial charge in [0.1, 0.15) is 5.75 Å². The number of nitrogens with zero attached hydrogens (tertiary/aromatic N) is 2. The fraction of sp³-hybridized carbons (Fsp3) is 0.600. The van der Waals surface area contributed by atoms with Gasteiger partial charge in [-0.3, -0.25) is 9.79 Å². The van der Waals surface area contributed by atoms with Crippen molar-refractivity contribution in [3.8, 4) is 5.75 Å². The molecule has 0 spiro atoms. The van der Waals surface area contributed by atoms with E-state index in [4.69, 9.17) is 15.2 Å². The van der Waals surface area contributed by atoms with Crippen molar-refractivity contribution in [2.24, 2.45) is 16.6 Å². The summed E-state index contributed by atoms with van der Waals surface area (Å²) in [4.78, 5) is 18.1. The lowest BCUT2D eigenvalue weighted by Gasteiger charge is -2.34. The molecule has 1 aromatic carbocycles. The number of carbonyl (C=O) groups is 1. The molecule has 1 aliphatic heterocycles. The third-order valence-electron chi connectivity index (χ3n) is 4.59. The molecule has 1 aromatic rings. The van der Waals surface area contributed by atoms with E-state index < -0.39 is 0 Å². The van der Waals surface area contributed by atoms with E-state index in [1.54, 1.807) is 7.11 Å². The van der Waals surface area contributed by atoms with Crippen LogP contribution in [-0.4, -0.2) is 56.7 Å². The van der Waals surface area contributed by atoms with E-state index >= 15 is 0 Å². The molecule has 3 N–H and O–H groups in total. The Balaban J connectivity index is 1.83. The molecule has 0 bridgehead atoms. The minimum Gasteiger partial charge on any atom is -0.496 e. The zero-order valence-corrected chi connectivity index (χ0v) is 16.4. The maximum atomic E-state index is 11.2. The van der Waals surface area contributed by atoms with Crippen molar-refractivity contribution >= 4 is 11.9 Å². The highest BCUT2D eigenvalue weighted by Gasteiger charge is 2.23. The zero-order valence-electron chi connectivity index (χ0n) is 16.4. The standard InChI is InChI=1S/C20H32N4O3/c1-3-22-20(24-11-6-7-16(14-24)13-19(21)25)23-10-12-27-15-17-8-4-5-9-18(17)26-2/h4-5,8-9,16H,3,6-7,10-15H2,1-2H3,(H2,21,25)(H,22,23). The van der Waals surface area contributed by atoms with Gasteiger partial charge in [-0.25, -0.2) is 0 Å². The maximum absolute atomic E-state index is 11.2. The van der Waals surface area contributed by atoms with Crippen molar-refractivity contribution in [3.05, 3.63) is 29.8 Å². The Morgan fingerprint density at radius 1 is 1.41 bits per heavy atom. The van der Waals surface area contributed by atoms with Gasteiger partial charge in [0.2, 0.25) is 5.91 Å². The van der Waals surface area contributed by atoms with E-state index in [9.17, 15) is 4.79 Å². The summed E-state index contributed by atoms with van der Waals surface area (Å²) in [5.74, 6) is 1.80. The van der Waals surface area contributed by atoms with E-state index in [-0.39, 0.29) is 5.91 Å². The fourth-order valence-electron chi connectivity index (χ4n) is 3.35. The molecule has 1 aliphatic rings. The number of benzene rings is 1. The summed E-state index contributed by atoms with van der Waals surface area (Å²) >= 11 is 0. The summed E-state index contributed by atoms with van der Waals surface area (Å²) in [6.45, 7) is 6.23. The Bertz CT molecular complexity index is 621. The highest BCUT2D eigenvalue weighted by atomic mass is 16.5. The van der Waals surface area contributed by atoms with Gasteiger partial charge in [-0.2, -0.15) is 0 Å². The maximum Gasteiger partial charge on any atom is 0.217 e. The van der Waals surface area contributed by atoms with Crippen molar-refractivity contribution in [1.29, 1.82) is 0 Å². The zero-order chi connectivity index (χ0) is 19.5. The Morgan fingerprint density at radius 3 is 2.96 bits per heavy atom. The van der Waals surface area contributed by atoms with Gasteiger partial charge in [0.25, 0.3) is 0 Å². The molecule has 27 heavy (non-hydrogen) atoms. The van der Waals surface area contributed by atoms with Crippen molar-refractivity contribution in [2.75, 3.05) is 39.9 Å². The summed E-state index contributed by atoms with van der Waals surface area (Å²) in [7, 11) is 1.66. The van der Waals surface area contributed by atoms with Gasteiger partial charge in [0, 0.05) is 31.6 Å². The Kier molecular flexibility index (Phi) is 8.91. The van der Waals surface area contributed by atoms with Gasteiger partial charge >= 0.3 is 0 Å². The molecule has 2 rings (SSSR count). The summed E-state index contributed by atoms with van der Waals surface area (Å²) < 4.78 is 11.1. The SMILES string of the molecule is CCNC(=NCCOCc1ccccc1OC)N1CCCC(CC(N)=O)C1. The lowest BCUT2D eigenvalue weighted by Crippen LogP contribution is -2.47. The van der Waals surface area contributed by atoms with Gasteiger partial charge in [-0.05, 0) is 31.7 Å². The van der Waals surface area contributed by atoms with Crippen LogP contribution < -0.4 is 15.8 Å². The summed E-state index contributed by atoms with van der Waals surface area (Å²) in [5.41, 5.74) is 6.39. The number of carbonyl (C=O) groups excluding carboxylic acids is 1. The number of primary amides is 1. The van der Waals surface area contributed by atoms with Crippen LogP contribution in [0.4, 0.5) is 0 Å². The molecule has 0 saturated carbocycles. The lowest BCUT2D eigenvalue weighted by molar-refractivity contribution is -0.119. The van der Waals surface area contributed by atoms with Crippen LogP contribution in [0.5, 0.6) is 5.75 Å². The average molecular weight is 377 g/mol. The van der Waals surface area contributed by atoms with Gasteiger partial charge in [-0.15, -0.1) is 0 Å². The number of nitrogens with one attached hydrogen (secondary N) is 1. The predicted octanol–water partition coefficient (Wildman–Crippen LogP) is 1.76. The number of methoxy groups -OCH3 is 1. The van der Waals surface area contributed by atoms with Crippen LogP contribution in [0.15, 0.2) is 29.3 Å². The average Bonchev–Trinajstić information content (AvgIpc) is 2.67. The minimum atomic E-state index is -0.228. The van der Waals surface area contributed by atoms with Crippen molar-refractivity contribution in [3.63, 3.8) is 0 Å². The first-order chi connectivity index (χ1) is 13.1. The van der Waals surface area contributed by atoms with Gasteiger partial charge < -0.3 is 25.4 Å². The Labute approximate surface area is 161 Å². The molecule has 1 heterocycles. The van der Waals surface area contributed by atoms with Crippen LogP contribution in [-0.2, 0) is 16.1 Å². The van der Waals surface area contributed by atoms with Gasteiger partial charge in [0.15, 0.2) is 5.96 Å². The van der Waals surface area contributed by atoms with Crippen LogP contribution in [0.3, 0.4) is 0 Å². The molecule has 150 valence electrons. The molecule has 1 saturated heterocycles. The third-order valence-corrected chi connectivity index (χ3v) is 4.59. The summed E-state index contributed by atoms with van der Waals surface area (Å²) in [5, 5.41) is 3.34. The molecular formula is C20H32N4O3. The number of piperidine rings is 1. The van der Waals surface area contributed by atoms with Crippen molar-refractivity contribution in [2.45, 2.75) is 32.8 Å². The van der Waals surface area contributed by atoms with Crippen LogP contribution in [0, 0.1) is 5.92 Å². The van der Waals surface area contributed by atoms with Gasteiger partial charge in [-0.1, -0.05) is 18.2 Å². The molecule has 1 unspecified atom stereocenters. The van der Waals surface area contributed by atoms with Crippen LogP contribution >= 0.6 is 0 Å². The normalized spacial score (nSPS) is 17.6. The van der Waals surface area contributed by atoms with E-state index in [2.05, 4.69) is 22.1 Å². The van der Waals surface area contributed by atoms with Gasteiger partial charge in [0.05, 0.1) is 26.9 Å². The number of rotatable bonds is 9. The number of guanidine groups is 1. The predicted molar refractivity (Wildman–Crippen MR) is 107 cm³/mol. The van der Waals surface area contributed by atoms with E-state index in [1.165, 1.54) is 0 Å². The van der Waals surface area contributed by atoms with Crippen LogP contribution in [0.1, 0.15) is 31.7 Å². The first-order valence-corrected chi connectivity index (χ1v) is 9.65.